The number of anilines is 1. The van der Waals surface area contributed by atoms with Gasteiger partial charge in [0.15, 0.2) is 0 Å². The molecule has 0 heterocycles. The van der Waals surface area contributed by atoms with Gasteiger partial charge in [0, 0.05) is 25.3 Å². The van der Waals surface area contributed by atoms with Crippen LogP contribution in [0.1, 0.15) is 25.3 Å². The number of carbonyl (C=O) groups is 1. The molecular formula is C17H29Cl2N3O. The van der Waals surface area contributed by atoms with Crippen molar-refractivity contribution < 1.29 is 4.79 Å². The minimum Gasteiger partial charge on any atom is -0.370 e. The molecule has 0 radical (unpaired) electrons. The van der Waals surface area contributed by atoms with Crippen LogP contribution in [0.3, 0.4) is 0 Å². The Labute approximate surface area is 152 Å². The van der Waals surface area contributed by atoms with Crippen molar-refractivity contribution >= 4 is 36.4 Å². The molecule has 0 aliphatic heterocycles. The van der Waals surface area contributed by atoms with Gasteiger partial charge < -0.3 is 15.5 Å². The third kappa shape index (κ3) is 8.45. The Morgan fingerprint density at radius 1 is 1.30 bits per heavy atom. The fourth-order valence-electron chi connectivity index (χ4n) is 2.40. The van der Waals surface area contributed by atoms with Crippen LogP contribution < -0.4 is 15.5 Å². The molecule has 132 valence electrons. The maximum absolute atomic E-state index is 11.7. The van der Waals surface area contributed by atoms with Crippen LogP contribution in [0.4, 0.5) is 5.69 Å². The first-order valence-electron chi connectivity index (χ1n) is 7.98. The second-order valence-corrected chi connectivity index (χ2v) is 5.84. The van der Waals surface area contributed by atoms with Gasteiger partial charge in [-0.1, -0.05) is 12.1 Å². The average molecular weight is 362 g/mol. The smallest absolute Gasteiger partial charge is 0.234 e. The standard InChI is InChI=1S/C17H27N3O.2ClH/c1-3-20(16-6-4-5-14(2)11-16)10-9-19-17(21)13-18-12-15-7-8-15;;/h4-6,11,15,18H,3,7-10,12-13H2,1-2H3,(H,19,21);2*1H. The monoisotopic (exact) mass is 361 g/mol. The number of nitrogens with zero attached hydrogens (tertiary/aromatic N) is 1. The van der Waals surface area contributed by atoms with E-state index in [9.17, 15) is 4.79 Å². The summed E-state index contributed by atoms with van der Waals surface area (Å²) in [5.41, 5.74) is 2.48. The highest BCUT2D eigenvalue weighted by Gasteiger charge is 2.20. The summed E-state index contributed by atoms with van der Waals surface area (Å²) in [4.78, 5) is 14.0. The average Bonchev–Trinajstić information content (AvgIpc) is 3.28. The van der Waals surface area contributed by atoms with Gasteiger partial charge in [-0.2, -0.15) is 0 Å². The molecule has 0 unspecified atom stereocenters. The van der Waals surface area contributed by atoms with Gasteiger partial charge in [0.1, 0.15) is 0 Å². The number of hydrogen-bond donors (Lipinski definition) is 2. The summed E-state index contributed by atoms with van der Waals surface area (Å²) in [5.74, 6) is 0.908. The highest BCUT2D eigenvalue weighted by atomic mass is 35.5. The van der Waals surface area contributed by atoms with Crippen molar-refractivity contribution in [3.05, 3.63) is 29.8 Å². The van der Waals surface area contributed by atoms with Gasteiger partial charge in [-0.25, -0.2) is 0 Å². The summed E-state index contributed by atoms with van der Waals surface area (Å²) in [5, 5.41) is 6.20. The van der Waals surface area contributed by atoms with Crippen LogP contribution in [0, 0.1) is 12.8 Å². The molecule has 1 fully saturated rings. The summed E-state index contributed by atoms with van der Waals surface area (Å²) in [6.45, 7) is 8.14. The lowest BCUT2D eigenvalue weighted by molar-refractivity contribution is -0.120. The zero-order chi connectivity index (χ0) is 15.1. The second kappa shape index (κ2) is 11.5. The van der Waals surface area contributed by atoms with Gasteiger partial charge in [0.2, 0.25) is 5.91 Å². The van der Waals surface area contributed by atoms with E-state index in [0.717, 1.165) is 25.6 Å². The van der Waals surface area contributed by atoms with E-state index >= 15 is 0 Å². The third-order valence-electron chi connectivity index (χ3n) is 3.87. The van der Waals surface area contributed by atoms with Gasteiger partial charge in [0.25, 0.3) is 0 Å². The number of nitrogens with one attached hydrogen (secondary N) is 2. The van der Waals surface area contributed by atoms with Gasteiger partial charge in [-0.15, -0.1) is 24.8 Å². The summed E-state index contributed by atoms with van der Waals surface area (Å²) in [6.07, 6.45) is 2.63. The highest BCUT2D eigenvalue weighted by molar-refractivity contribution is 5.85. The first-order chi connectivity index (χ1) is 10.2. The summed E-state index contributed by atoms with van der Waals surface area (Å²) >= 11 is 0. The predicted octanol–water partition coefficient (Wildman–Crippen LogP) is 2.78. The van der Waals surface area contributed by atoms with E-state index in [1.165, 1.54) is 24.1 Å². The molecule has 0 saturated heterocycles. The number of rotatable bonds is 9. The summed E-state index contributed by atoms with van der Waals surface area (Å²) < 4.78 is 0. The molecule has 1 aliphatic carbocycles. The normalized spacial score (nSPS) is 12.8. The first kappa shape index (κ1) is 22.0. The van der Waals surface area contributed by atoms with Crippen molar-refractivity contribution in [2.24, 2.45) is 5.92 Å². The first-order valence-corrected chi connectivity index (χ1v) is 7.98. The fraction of sp³-hybridized carbons (Fsp3) is 0.588. The maximum atomic E-state index is 11.7. The molecule has 6 heteroatoms. The fourth-order valence-corrected chi connectivity index (χ4v) is 2.40. The van der Waals surface area contributed by atoms with E-state index in [1.54, 1.807) is 0 Å². The number of amides is 1. The van der Waals surface area contributed by atoms with E-state index < -0.39 is 0 Å². The second-order valence-electron chi connectivity index (χ2n) is 5.84. The van der Waals surface area contributed by atoms with Crippen molar-refractivity contribution in [1.29, 1.82) is 0 Å². The van der Waals surface area contributed by atoms with E-state index in [4.69, 9.17) is 0 Å². The zero-order valence-corrected chi connectivity index (χ0v) is 15.6. The molecule has 0 aromatic heterocycles. The van der Waals surface area contributed by atoms with Crippen LogP contribution in [0.15, 0.2) is 24.3 Å². The van der Waals surface area contributed by atoms with Gasteiger partial charge in [-0.3, -0.25) is 4.79 Å². The SMILES string of the molecule is CCN(CCNC(=O)CNCC1CC1)c1cccc(C)c1.Cl.Cl. The zero-order valence-electron chi connectivity index (χ0n) is 14.0. The molecule has 2 rings (SSSR count). The van der Waals surface area contributed by atoms with Crippen LogP contribution in [0.25, 0.3) is 0 Å². The summed E-state index contributed by atoms with van der Waals surface area (Å²) in [7, 11) is 0. The lowest BCUT2D eigenvalue weighted by Gasteiger charge is -2.23. The quantitative estimate of drug-likeness (QED) is 0.710. The number of likely N-dealkylation sites (N-methyl/N-ethyl adjacent to an activating group) is 1. The molecule has 0 atom stereocenters. The van der Waals surface area contributed by atoms with Gasteiger partial charge in [-0.05, 0) is 56.8 Å². The molecular weight excluding hydrogens is 333 g/mol. The Bertz CT molecular complexity index is 467. The minimum atomic E-state index is 0. The Hall–Kier alpha value is -0.970. The Morgan fingerprint density at radius 2 is 2.04 bits per heavy atom. The highest BCUT2D eigenvalue weighted by Crippen LogP contribution is 2.27. The molecule has 23 heavy (non-hydrogen) atoms. The van der Waals surface area contributed by atoms with Crippen molar-refractivity contribution in [3.63, 3.8) is 0 Å². The lowest BCUT2D eigenvalue weighted by atomic mass is 10.2. The van der Waals surface area contributed by atoms with Crippen LogP contribution in [-0.4, -0.2) is 38.6 Å². The van der Waals surface area contributed by atoms with Crippen molar-refractivity contribution in [3.8, 4) is 0 Å². The Morgan fingerprint density at radius 3 is 2.65 bits per heavy atom. The number of benzene rings is 1. The molecule has 0 bridgehead atoms. The molecule has 1 amide bonds. The van der Waals surface area contributed by atoms with E-state index in [1.807, 2.05) is 0 Å². The molecule has 2 N–H and O–H groups in total. The number of halogens is 2. The van der Waals surface area contributed by atoms with Gasteiger partial charge >= 0.3 is 0 Å². The minimum absolute atomic E-state index is 0. The van der Waals surface area contributed by atoms with Crippen molar-refractivity contribution in [1.82, 2.24) is 10.6 Å². The van der Waals surface area contributed by atoms with E-state index in [-0.39, 0.29) is 30.7 Å². The van der Waals surface area contributed by atoms with Crippen LogP contribution in [-0.2, 0) is 4.79 Å². The molecule has 1 aliphatic rings. The largest absolute Gasteiger partial charge is 0.370 e. The molecule has 1 saturated carbocycles. The Balaban J connectivity index is 0.00000242. The third-order valence-corrected chi connectivity index (χ3v) is 3.87. The lowest BCUT2D eigenvalue weighted by Crippen LogP contribution is -2.39. The van der Waals surface area contributed by atoms with Crippen LogP contribution in [0.2, 0.25) is 0 Å². The maximum Gasteiger partial charge on any atom is 0.234 e. The number of carbonyl (C=O) groups excluding carboxylic acids is 1. The van der Waals surface area contributed by atoms with Crippen molar-refractivity contribution in [2.45, 2.75) is 26.7 Å². The number of aryl methyl sites for hydroxylation is 1. The molecule has 1 aromatic rings. The summed E-state index contributed by atoms with van der Waals surface area (Å²) in [6, 6.07) is 8.48. The van der Waals surface area contributed by atoms with E-state index in [0.29, 0.717) is 13.1 Å². The van der Waals surface area contributed by atoms with E-state index in [2.05, 4.69) is 53.6 Å². The van der Waals surface area contributed by atoms with Crippen molar-refractivity contribution in [2.75, 3.05) is 37.6 Å². The van der Waals surface area contributed by atoms with Gasteiger partial charge in [0.05, 0.1) is 6.54 Å². The predicted molar refractivity (Wildman–Crippen MR) is 102 cm³/mol. The molecule has 0 spiro atoms. The topological polar surface area (TPSA) is 44.4 Å². The Kier molecular flexibility index (Phi) is 11.1. The molecule has 4 nitrogen and oxygen atoms in total. The molecule has 1 aromatic carbocycles. The van der Waals surface area contributed by atoms with Crippen LogP contribution in [0.5, 0.6) is 0 Å². The van der Waals surface area contributed by atoms with Crippen LogP contribution >= 0.6 is 24.8 Å². The number of hydrogen-bond acceptors (Lipinski definition) is 3.